The van der Waals surface area contributed by atoms with E-state index in [0.29, 0.717) is 13.2 Å². The number of rotatable bonds is 8. The zero-order valence-electron chi connectivity index (χ0n) is 9.26. The molecule has 1 rings (SSSR count). The number of para-hydroxylation sites is 2. The third-order valence-corrected chi connectivity index (χ3v) is 2.60. The smallest absolute Gasteiger partial charge is 0.161 e. The van der Waals surface area contributed by atoms with Crippen molar-refractivity contribution in [2.24, 2.45) is 0 Å². The first-order valence-electron chi connectivity index (χ1n) is 5.45. The molecule has 0 aliphatic heterocycles. The Hall–Kier alpha value is -0.480. The van der Waals surface area contributed by atoms with E-state index in [2.05, 4.69) is 25.3 Å². The first kappa shape index (κ1) is 13.6. The van der Waals surface area contributed by atoms with Gasteiger partial charge in [-0.25, -0.2) is 0 Å². The van der Waals surface area contributed by atoms with E-state index in [9.17, 15) is 0 Å². The molecule has 4 heteroatoms. The van der Waals surface area contributed by atoms with Crippen LogP contribution in [0.1, 0.15) is 12.8 Å². The minimum Gasteiger partial charge on any atom is -0.490 e. The third kappa shape index (κ3) is 5.03. The number of hydrogen-bond donors (Lipinski definition) is 2. The summed E-state index contributed by atoms with van der Waals surface area (Å²) in [6, 6.07) is 7.74. The van der Waals surface area contributed by atoms with Crippen molar-refractivity contribution in [1.82, 2.24) is 0 Å². The zero-order valence-corrected chi connectivity index (χ0v) is 11.1. The highest BCUT2D eigenvalue weighted by molar-refractivity contribution is 7.80. The Morgan fingerprint density at radius 2 is 1.25 bits per heavy atom. The molecule has 1 aromatic carbocycles. The molecule has 0 saturated heterocycles. The molecule has 0 spiro atoms. The number of hydrogen-bond acceptors (Lipinski definition) is 4. The summed E-state index contributed by atoms with van der Waals surface area (Å²) in [4.78, 5) is 0. The quantitative estimate of drug-likeness (QED) is 0.551. The van der Waals surface area contributed by atoms with E-state index in [1.807, 2.05) is 24.3 Å². The van der Waals surface area contributed by atoms with Crippen LogP contribution in [-0.2, 0) is 0 Å². The molecule has 0 aliphatic rings. The molecule has 16 heavy (non-hydrogen) atoms. The van der Waals surface area contributed by atoms with Gasteiger partial charge in [0.15, 0.2) is 11.5 Å². The van der Waals surface area contributed by atoms with E-state index in [-0.39, 0.29) is 0 Å². The van der Waals surface area contributed by atoms with Gasteiger partial charge in [0, 0.05) is 0 Å². The number of benzene rings is 1. The molecule has 0 fully saturated rings. The second-order valence-electron chi connectivity index (χ2n) is 3.30. The van der Waals surface area contributed by atoms with Crippen LogP contribution in [0.3, 0.4) is 0 Å². The minimum absolute atomic E-state index is 0.677. The van der Waals surface area contributed by atoms with Crippen LogP contribution in [0.15, 0.2) is 24.3 Å². The third-order valence-electron chi connectivity index (χ3n) is 1.97. The maximum Gasteiger partial charge on any atom is 0.161 e. The lowest BCUT2D eigenvalue weighted by atomic mass is 10.3. The molecule has 0 unspecified atom stereocenters. The van der Waals surface area contributed by atoms with Gasteiger partial charge in [-0.05, 0) is 36.5 Å². The molecule has 90 valence electrons. The second kappa shape index (κ2) is 8.65. The number of thiol groups is 2. The van der Waals surface area contributed by atoms with E-state index in [1.54, 1.807) is 0 Å². The molecule has 0 bridgehead atoms. The van der Waals surface area contributed by atoms with Gasteiger partial charge in [0.05, 0.1) is 13.2 Å². The van der Waals surface area contributed by atoms with Crippen LogP contribution in [0, 0.1) is 0 Å². The summed E-state index contributed by atoms with van der Waals surface area (Å²) in [7, 11) is 0. The van der Waals surface area contributed by atoms with Crippen molar-refractivity contribution >= 4 is 25.3 Å². The summed E-state index contributed by atoms with van der Waals surface area (Å²) in [5.41, 5.74) is 0. The van der Waals surface area contributed by atoms with Gasteiger partial charge >= 0.3 is 0 Å². The summed E-state index contributed by atoms with van der Waals surface area (Å²) >= 11 is 8.28. The normalized spacial score (nSPS) is 10.1. The summed E-state index contributed by atoms with van der Waals surface area (Å²) < 4.78 is 11.2. The molecular formula is C12H18O2S2. The van der Waals surface area contributed by atoms with Gasteiger partial charge in [0.1, 0.15) is 0 Å². The van der Waals surface area contributed by atoms with Crippen LogP contribution in [0.25, 0.3) is 0 Å². The van der Waals surface area contributed by atoms with E-state index in [1.165, 1.54) is 0 Å². The maximum absolute atomic E-state index is 5.62. The molecule has 0 heterocycles. The summed E-state index contributed by atoms with van der Waals surface area (Å²) in [6.45, 7) is 1.35. The Kier molecular flexibility index (Phi) is 7.34. The van der Waals surface area contributed by atoms with Crippen molar-refractivity contribution in [1.29, 1.82) is 0 Å². The van der Waals surface area contributed by atoms with Crippen molar-refractivity contribution in [3.63, 3.8) is 0 Å². The lowest BCUT2D eigenvalue weighted by Crippen LogP contribution is -2.03. The average Bonchev–Trinajstić information content (AvgIpc) is 2.32. The fourth-order valence-corrected chi connectivity index (χ4v) is 1.44. The molecule has 0 radical (unpaired) electrons. The van der Waals surface area contributed by atoms with Gasteiger partial charge in [0.2, 0.25) is 0 Å². The average molecular weight is 258 g/mol. The molecule has 0 aromatic heterocycles. The van der Waals surface area contributed by atoms with Gasteiger partial charge in [-0.2, -0.15) is 25.3 Å². The molecule has 0 saturated carbocycles. The predicted molar refractivity (Wildman–Crippen MR) is 74.4 cm³/mol. The highest BCUT2D eigenvalue weighted by atomic mass is 32.1. The highest BCUT2D eigenvalue weighted by Crippen LogP contribution is 2.26. The van der Waals surface area contributed by atoms with Gasteiger partial charge < -0.3 is 9.47 Å². The second-order valence-corrected chi connectivity index (χ2v) is 4.19. The zero-order chi connectivity index (χ0) is 11.6. The van der Waals surface area contributed by atoms with Crippen LogP contribution in [-0.4, -0.2) is 24.7 Å². The van der Waals surface area contributed by atoms with Crippen LogP contribution < -0.4 is 9.47 Å². The summed E-state index contributed by atoms with van der Waals surface area (Å²) in [5.74, 6) is 3.29. The molecular weight excluding hydrogens is 240 g/mol. The van der Waals surface area contributed by atoms with Crippen molar-refractivity contribution in [3.8, 4) is 11.5 Å². The molecule has 2 nitrogen and oxygen atoms in total. The Bertz CT molecular complexity index is 263. The predicted octanol–water partition coefficient (Wildman–Crippen LogP) is 3.08. The Morgan fingerprint density at radius 1 is 0.812 bits per heavy atom. The van der Waals surface area contributed by atoms with Crippen molar-refractivity contribution in [2.75, 3.05) is 24.7 Å². The van der Waals surface area contributed by atoms with Gasteiger partial charge in [-0.3, -0.25) is 0 Å². The maximum atomic E-state index is 5.62. The van der Waals surface area contributed by atoms with Crippen LogP contribution in [0.4, 0.5) is 0 Å². The SMILES string of the molecule is SCCCOc1ccccc1OCCCS. The fraction of sp³-hybridized carbons (Fsp3) is 0.500. The first-order valence-corrected chi connectivity index (χ1v) is 6.71. The largest absolute Gasteiger partial charge is 0.490 e. The lowest BCUT2D eigenvalue weighted by Gasteiger charge is -2.11. The minimum atomic E-state index is 0.677. The number of ether oxygens (including phenoxy) is 2. The van der Waals surface area contributed by atoms with Crippen molar-refractivity contribution in [3.05, 3.63) is 24.3 Å². The Balaban J connectivity index is 2.46. The summed E-state index contributed by atoms with van der Waals surface area (Å²) in [5, 5.41) is 0. The van der Waals surface area contributed by atoms with Gasteiger partial charge in [0.25, 0.3) is 0 Å². The van der Waals surface area contributed by atoms with Crippen LogP contribution >= 0.6 is 25.3 Å². The molecule has 0 aliphatic carbocycles. The van der Waals surface area contributed by atoms with Crippen molar-refractivity contribution in [2.45, 2.75) is 12.8 Å². The van der Waals surface area contributed by atoms with Crippen LogP contribution in [0.5, 0.6) is 11.5 Å². The molecule has 0 atom stereocenters. The van der Waals surface area contributed by atoms with Crippen molar-refractivity contribution < 1.29 is 9.47 Å². The van der Waals surface area contributed by atoms with E-state index >= 15 is 0 Å². The summed E-state index contributed by atoms with van der Waals surface area (Å²) in [6.07, 6.45) is 1.88. The fourth-order valence-electron chi connectivity index (χ4n) is 1.18. The molecule has 1 aromatic rings. The standard InChI is InChI=1S/C12H18O2S2/c15-9-3-7-13-11-5-1-2-6-12(11)14-8-4-10-16/h1-2,5-6,15-16H,3-4,7-10H2. The highest BCUT2D eigenvalue weighted by Gasteiger charge is 2.03. The van der Waals surface area contributed by atoms with E-state index in [0.717, 1.165) is 35.8 Å². The Morgan fingerprint density at radius 3 is 1.62 bits per heavy atom. The topological polar surface area (TPSA) is 18.5 Å². The molecule has 0 N–H and O–H groups in total. The van der Waals surface area contributed by atoms with Gasteiger partial charge in [-0.1, -0.05) is 12.1 Å². The first-order chi connectivity index (χ1) is 7.88. The Labute approximate surface area is 108 Å². The van der Waals surface area contributed by atoms with E-state index in [4.69, 9.17) is 9.47 Å². The van der Waals surface area contributed by atoms with Crippen LogP contribution in [0.2, 0.25) is 0 Å². The van der Waals surface area contributed by atoms with E-state index < -0.39 is 0 Å². The monoisotopic (exact) mass is 258 g/mol. The van der Waals surface area contributed by atoms with Gasteiger partial charge in [-0.15, -0.1) is 0 Å². The molecule has 0 amide bonds. The lowest BCUT2D eigenvalue weighted by molar-refractivity contribution is 0.269.